The molecule has 0 aromatic carbocycles. The molecule has 2 aromatic rings. The van der Waals surface area contributed by atoms with Crippen molar-refractivity contribution in [1.29, 1.82) is 0 Å². The van der Waals surface area contributed by atoms with Crippen molar-refractivity contribution in [3.05, 3.63) is 23.1 Å². The van der Waals surface area contributed by atoms with Crippen molar-refractivity contribution >= 4 is 16.2 Å². The van der Waals surface area contributed by atoms with Crippen LogP contribution in [-0.4, -0.2) is 27.7 Å². The maximum absolute atomic E-state index is 10.9. The predicted molar refractivity (Wildman–Crippen MR) is 87.4 cm³/mol. The van der Waals surface area contributed by atoms with Gasteiger partial charge in [0, 0.05) is 12.0 Å². The summed E-state index contributed by atoms with van der Waals surface area (Å²) < 4.78 is 7.64. The highest BCUT2D eigenvalue weighted by Crippen LogP contribution is 2.48. The molecular weight excluding hydrogens is 296 g/mol. The first-order valence-corrected chi connectivity index (χ1v) is 9.23. The highest BCUT2D eigenvalue weighted by atomic mass is 32.1. The molecule has 0 saturated heterocycles. The summed E-state index contributed by atoms with van der Waals surface area (Å²) >= 11 is 1.81. The van der Waals surface area contributed by atoms with E-state index in [0.717, 1.165) is 23.4 Å². The number of hydrogen-bond acceptors (Lipinski definition) is 4. The van der Waals surface area contributed by atoms with Crippen LogP contribution in [0.1, 0.15) is 67.5 Å². The zero-order valence-electron chi connectivity index (χ0n) is 13.1. The van der Waals surface area contributed by atoms with Crippen LogP contribution < -0.4 is 0 Å². The van der Waals surface area contributed by atoms with Crippen LogP contribution in [-0.2, 0) is 4.74 Å². The number of aliphatic hydroxyl groups is 1. The fourth-order valence-electron chi connectivity index (χ4n) is 3.88. The van der Waals surface area contributed by atoms with E-state index >= 15 is 0 Å². The monoisotopic (exact) mass is 320 g/mol. The summed E-state index contributed by atoms with van der Waals surface area (Å²) in [7, 11) is 1.81. The van der Waals surface area contributed by atoms with Crippen LogP contribution in [0.2, 0.25) is 0 Å². The topological polar surface area (TPSA) is 46.8 Å². The Bertz CT molecular complexity index is 646. The second-order valence-corrected chi connectivity index (χ2v) is 7.93. The first-order chi connectivity index (χ1) is 10.8. The van der Waals surface area contributed by atoms with Gasteiger partial charge in [0.05, 0.1) is 24.1 Å². The molecule has 2 saturated carbocycles. The molecule has 3 unspecified atom stereocenters. The van der Waals surface area contributed by atoms with Crippen LogP contribution in [0.25, 0.3) is 4.83 Å². The molecule has 0 aliphatic heterocycles. The van der Waals surface area contributed by atoms with Gasteiger partial charge in [-0.15, -0.1) is 11.3 Å². The molecule has 22 heavy (non-hydrogen) atoms. The summed E-state index contributed by atoms with van der Waals surface area (Å²) in [5, 5.41) is 10.9. The van der Waals surface area contributed by atoms with Crippen LogP contribution in [0.5, 0.6) is 0 Å². The number of aliphatic hydroxyl groups excluding tert-OH is 1. The lowest BCUT2D eigenvalue weighted by molar-refractivity contribution is 0.0346. The normalized spacial score (nSPS) is 27.4. The Hall–Kier alpha value is -0.910. The molecule has 2 aromatic heterocycles. The highest BCUT2D eigenvalue weighted by Gasteiger charge is 2.33. The van der Waals surface area contributed by atoms with E-state index in [1.807, 2.05) is 31.0 Å². The first-order valence-electron chi connectivity index (χ1n) is 8.41. The van der Waals surface area contributed by atoms with Crippen molar-refractivity contribution in [2.24, 2.45) is 5.92 Å². The van der Waals surface area contributed by atoms with Crippen LogP contribution in [0.4, 0.5) is 0 Å². The van der Waals surface area contributed by atoms with E-state index in [9.17, 15) is 5.11 Å². The Kier molecular flexibility index (Phi) is 3.96. The molecule has 2 fully saturated rings. The molecule has 1 N–H and O–H groups in total. The van der Waals surface area contributed by atoms with Gasteiger partial charge in [0.2, 0.25) is 0 Å². The lowest BCUT2D eigenvalue weighted by Crippen LogP contribution is -2.23. The average Bonchev–Trinajstić information content (AvgIpc) is 3.16. The van der Waals surface area contributed by atoms with Crippen molar-refractivity contribution in [1.82, 2.24) is 9.38 Å². The van der Waals surface area contributed by atoms with E-state index in [2.05, 4.69) is 9.38 Å². The fraction of sp³-hybridized carbons (Fsp3) is 0.706. The van der Waals surface area contributed by atoms with Crippen LogP contribution in [0.15, 0.2) is 12.5 Å². The summed E-state index contributed by atoms with van der Waals surface area (Å²) in [5.74, 6) is 1.24. The van der Waals surface area contributed by atoms with E-state index in [0.29, 0.717) is 17.9 Å². The second kappa shape index (κ2) is 5.95. The van der Waals surface area contributed by atoms with Crippen LogP contribution in [0.3, 0.4) is 0 Å². The molecule has 120 valence electrons. The van der Waals surface area contributed by atoms with Gasteiger partial charge in [0.25, 0.3) is 0 Å². The number of aromatic nitrogens is 2. The Balaban J connectivity index is 1.55. The molecule has 0 spiro atoms. The molecular formula is C17H24N2O2S. The molecule has 3 atom stereocenters. The number of nitrogens with zero attached hydrogens (tertiary/aromatic N) is 2. The van der Waals surface area contributed by atoms with Gasteiger partial charge < -0.3 is 9.84 Å². The van der Waals surface area contributed by atoms with Gasteiger partial charge in [-0.2, -0.15) is 0 Å². The standard InChI is InChI=1S/C17H24N2O2S/c1-21-13-4-2-3-11(7-13)8-14(20)16-17(12-5-6-12)22-15-9-18-10-19(15)16/h9-14,20H,2-8H2,1H3. The maximum Gasteiger partial charge on any atom is 0.120 e. The Morgan fingerprint density at radius 2 is 2.27 bits per heavy atom. The summed E-state index contributed by atoms with van der Waals surface area (Å²) in [6, 6.07) is 0. The van der Waals surface area contributed by atoms with Crippen molar-refractivity contribution in [3.63, 3.8) is 0 Å². The molecule has 4 rings (SSSR count). The van der Waals surface area contributed by atoms with Gasteiger partial charge in [-0.3, -0.25) is 4.40 Å². The van der Waals surface area contributed by atoms with Crippen LogP contribution >= 0.6 is 11.3 Å². The minimum absolute atomic E-state index is 0.376. The van der Waals surface area contributed by atoms with E-state index in [-0.39, 0.29) is 6.10 Å². The van der Waals surface area contributed by atoms with Gasteiger partial charge in [-0.05, 0) is 43.9 Å². The third-order valence-electron chi connectivity index (χ3n) is 5.22. The van der Waals surface area contributed by atoms with E-state index in [1.54, 1.807) is 0 Å². The van der Waals surface area contributed by atoms with E-state index < -0.39 is 0 Å². The lowest BCUT2D eigenvalue weighted by Gasteiger charge is -2.29. The zero-order valence-corrected chi connectivity index (χ0v) is 13.9. The minimum Gasteiger partial charge on any atom is -0.387 e. The predicted octanol–water partition coefficient (Wildman–Crippen LogP) is 3.90. The van der Waals surface area contributed by atoms with Gasteiger partial charge in [-0.25, -0.2) is 4.98 Å². The van der Waals surface area contributed by atoms with Gasteiger partial charge in [-0.1, -0.05) is 12.8 Å². The molecule has 0 amide bonds. The quantitative estimate of drug-likeness (QED) is 0.909. The molecule has 2 aliphatic rings. The molecule has 2 aliphatic carbocycles. The molecule has 0 bridgehead atoms. The number of ether oxygens (including phenoxy) is 1. The van der Waals surface area contributed by atoms with Crippen molar-refractivity contribution in [2.45, 2.75) is 63.1 Å². The summed E-state index contributed by atoms with van der Waals surface area (Å²) in [6.45, 7) is 0. The first kappa shape index (κ1) is 14.7. The van der Waals surface area contributed by atoms with E-state index in [4.69, 9.17) is 4.74 Å². The minimum atomic E-state index is -0.376. The second-order valence-electron chi connectivity index (χ2n) is 6.87. The fourth-order valence-corrected chi connectivity index (χ4v) is 5.21. The van der Waals surface area contributed by atoms with Gasteiger partial charge in [0.1, 0.15) is 11.2 Å². The number of fused-ring (bicyclic) bond motifs is 1. The molecule has 5 heteroatoms. The molecule has 2 heterocycles. The number of rotatable bonds is 5. The largest absolute Gasteiger partial charge is 0.387 e. The van der Waals surface area contributed by atoms with Crippen molar-refractivity contribution in [3.8, 4) is 0 Å². The number of imidazole rings is 1. The highest BCUT2D eigenvalue weighted by molar-refractivity contribution is 7.17. The SMILES string of the molecule is COC1CCCC(CC(O)c2c(C3CC3)sc3cncn23)C1. The van der Waals surface area contributed by atoms with E-state index in [1.165, 1.54) is 37.0 Å². The summed E-state index contributed by atoms with van der Waals surface area (Å²) in [6.07, 6.45) is 11.8. The van der Waals surface area contributed by atoms with Crippen molar-refractivity contribution < 1.29 is 9.84 Å². The third-order valence-corrected chi connectivity index (χ3v) is 6.49. The Morgan fingerprint density at radius 1 is 1.41 bits per heavy atom. The van der Waals surface area contributed by atoms with Gasteiger partial charge in [0.15, 0.2) is 0 Å². The Labute approximate surface area is 135 Å². The smallest absolute Gasteiger partial charge is 0.120 e. The maximum atomic E-state index is 10.9. The number of methoxy groups -OCH3 is 1. The summed E-state index contributed by atoms with van der Waals surface area (Å²) in [4.78, 5) is 6.79. The lowest BCUT2D eigenvalue weighted by atomic mass is 9.83. The number of hydrogen-bond donors (Lipinski definition) is 1. The summed E-state index contributed by atoms with van der Waals surface area (Å²) in [5.41, 5.74) is 1.11. The average molecular weight is 320 g/mol. The molecule has 4 nitrogen and oxygen atoms in total. The van der Waals surface area contributed by atoms with Crippen molar-refractivity contribution in [2.75, 3.05) is 7.11 Å². The van der Waals surface area contributed by atoms with Crippen LogP contribution in [0, 0.1) is 5.92 Å². The molecule has 0 radical (unpaired) electrons. The Morgan fingerprint density at radius 3 is 3.05 bits per heavy atom. The van der Waals surface area contributed by atoms with Gasteiger partial charge >= 0.3 is 0 Å². The number of thiazole rings is 1. The zero-order chi connectivity index (χ0) is 15.1. The third kappa shape index (κ3) is 2.70.